The summed E-state index contributed by atoms with van der Waals surface area (Å²) in [5, 5.41) is 6.80. The quantitative estimate of drug-likeness (QED) is 0.865. The SMILES string of the molecule is CCc1cccc(C)c1Nc1nc(C)cc(NC(C)(C)C)n1. The van der Waals surface area contributed by atoms with Gasteiger partial charge >= 0.3 is 0 Å². The van der Waals surface area contributed by atoms with Crippen molar-refractivity contribution in [2.75, 3.05) is 10.6 Å². The Hall–Kier alpha value is -2.10. The number of benzene rings is 1. The summed E-state index contributed by atoms with van der Waals surface area (Å²) in [5.41, 5.74) is 4.49. The van der Waals surface area contributed by atoms with Gasteiger partial charge in [0, 0.05) is 23.0 Å². The zero-order valence-electron chi connectivity index (χ0n) is 14.4. The van der Waals surface area contributed by atoms with Gasteiger partial charge in [0.05, 0.1) is 0 Å². The zero-order chi connectivity index (χ0) is 16.3. The van der Waals surface area contributed by atoms with Crippen LogP contribution in [0.15, 0.2) is 24.3 Å². The molecule has 2 aromatic rings. The number of anilines is 3. The van der Waals surface area contributed by atoms with Crippen LogP contribution in [-0.4, -0.2) is 15.5 Å². The fraction of sp³-hybridized carbons (Fsp3) is 0.444. The molecule has 0 spiro atoms. The highest BCUT2D eigenvalue weighted by atomic mass is 15.2. The Morgan fingerprint density at radius 3 is 2.45 bits per heavy atom. The number of hydrogen-bond donors (Lipinski definition) is 2. The van der Waals surface area contributed by atoms with E-state index < -0.39 is 0 Å². The molecule has 0 saturated carbocycles. The first-order valence-electron chi connectivity index (χ1n) is 7.78. The van der Waals surface area contributed by atoms with Crippen molar-refractivity contribution in [1.82, 2.24) is 9.97 Å². The fourth-order valence-electron chi connectivity index (χ4n) is 2.39. The van der Waals surface area contributed by atoms with Crippen molar-refractivity contribution < 1.29 is 0 Å². The summed E-state index contributed by atoms with van der Waals surface area (Å²) in [6, 6.07) is 8.29. The molecular formula is C18H26N4. The van der Waals surface area contributed by atoms with E-state index >= 15 is 0 Å². The predicted molar refractivity (Wildman–Crippen MR) is 94.0 cm³/mol. The van der Waals surface area contributed by atoms with Gasteiger partial charge in [0.2, 0.25) is 5.95 Å². The van der Waals surface area contributed by atoms with Crippen LogP contribution in [0.4, 0.5) is 17.5 Å². The molecule has 0 saturated heterocycles. The monoisotopic (exact) mass is 298 g/mol. The predicted octanol–water partition coefficient (Wildman–Crippen LogP) is 4.61. The Labute approximate surface area is 133 Å². The van der Waals surface area contributed by atoms with E-state index in [1.807, 2.05) is 13.0 Å². The van der Waals surface area contributed by atoms with Crippen molar-refractivity contribution in [3.8, 4) is 0 Å². The molecule has 0 aliphatic carbocycles. The number of para-hydroxylation sites is 1. The highest BCUT2D eigenvalue weighted by Gasteiger charge is 2.12. The maximum atomic E-state index is 4.60. The van der Waals surface area contributed by atoms with E-state index in [9.17, 15) is 0 Å². The van der Waals surface area contributed by atoms with Gasteiger partial charge in [0.1, 0.15) is 5.82 Å². The van der Waals surface area contributed by atoms with Gasteiger partial charge in [-0.15, -0.1) is 0 Å². The summed E-state index contributed by atoms with van der Waals surface area (Å²) in [6.45, 7) is 12.6. The summed E-state index contributed by atoms with van der Waals surface area (Å²) < 4.78 is 0. The molecule has 0 aliphatic rings. The minimum absolute atomic E-state index is 0.0324. The minimum atomic E-state index is -0.0324. The molecule has 2 N–H and O–H groups in total. The third-order valence-electron chi connectivity index (χ3n) is 3.33. The molecule has 0 bridgehead atoms. The van der Waals surface area contributed by atoms with Gasteiger partial charge in [0.15, 0.2) is 0 Å². The van der Waals surface area contributed by atoms with Crippen LogP contribution in [0.5, 0.6) is 0 Å². The topological polar surface area (TPSA) is 49.8 Å². The Morgan fingerprint density at radius 2 is 1.82 bits per heavy atom. The molecule has 1 aromatic heterocycles. The highest BCUT2D eigenvalue weighted by Crippen LogP contribution is 2.25. The van der Waals surface area contributed by atoms with Crippen LogP contribution in [0, 0.1) is 13.8 Å². The number of aromatic nitrogens is 2. The maximum Gasteiger partial charge on any atom is 0.229 e. The third-order valence-corrected chi connectivity index (χ3v) is 3.33. The van der Waals surface area contributed by atoms with Crippen LogP contribution in [0.25, 0.3) is 0 Å². The zero-order valence-corrected chi connectivity index (χ0v) is 14.4. The lowest BCUT2D eigenvalue weighted by atomic mass is 10.1. The lowest BCUT2D eigenvalue weighted by Crippen LogP contribution is -2.27. The van der Waals surface area contributed by atoms with Crippen molar-refractivity contribution in [3.05, 3.63) is 41.1 Å². The molecule has 4 nitrogen and oxygen atoms in total. The van der Waals surface area contributed by atoms with Crippen LogP contribution in [0.1, 0.15) is 44.5 Å². The van der Waals surface area contributed by atoms with Gasteiger partial charge in [-0.3, -0.25) is 0 Å². The molecule has 4 heteroatoms. The van der Waals surface area contributed by atoms with Gasteiger partial charge < -0.3 is 10.6 Å². The molecule has 22 heavy (non-hydrogen) atoms. The fourth-order valence-corrected chi connectivity index (χ4v) is 2.39. The van der Waals surface area contributed by atoms with Crippen LogP contribution in [0.3, 0.4) is 0 Å². The van der Waals surface area contributed by atoms with Gasteiger partial charge in [-0.25, -0.2) is 4.98 Å². The average Bonchev–Trinajstić information content (AvgIpc) is 2.38. The normalized spacial score (nSPS) is 11.4. The molecule has 118 valence electrons. The number of hydrogen-bond acceptors (Lipinski definition) is 4. The van der Waals surface area contributed by atoms with Gasteiger partial charge in [0.25, 0.3) is 0 Å². The smallest absolute Gasteiger partial charge is 0.229 e. The molecule has 0 atom stereocenters. The van der Waals surface area contributed by atoms with Crippen molar-refractivity contribution in [2.45, 2.75) is 53.5 Å². The van der Waals surface area contributed by atoms with E-state index in [4.69, 9.17) is 0 Å². The van der Waals surface area contributed by atoms with Crippen LogP contribution in [0.2, 0.25) is 0 Å². The maximum absolute atomic E-state index is 4.60. The first-order chi connectivity index (χ1) is 10.3. The van der Waals surface area contributed by atoms with Gasteiger partial charge in [-0.2, -0.15) is 4.98 Å². The molecule has 1 heterocycles. The molecule has 0 radical (unpaired) electrons. The van der Waals surface area contributed by atoms with Crippen molar-refractivity contribution in [3.63, 3.8) is 0 Å². The molecule has 0 amide bonds. The first-order valence-corrected chi connectivity index (χ1v) is 7.78. The van der Waals surface area contributed by atoms with E-state index in [-0.39, 0.29) is 5.54 Å². The second kappa shape index (κ2) is 6.34. The molecule has 1 aromatic carbocycles. The standard InChI is InChI=1S/C18H26N4/c1-7-14-10-8-9-12(2)16(14)21-17-19-13(3)11-15(20-17)22-18(4,5)6/h8-11H,7H2,1-6H3,(H2,19,20,21,22). The number of nitrogens with zero attached hydrogens (tertiary/aromatic N) is 2. The largest absolute Gasteiger partial charge is 0.365 e. The molecule has 0 aliphatic heterocycles. The Bertz CT molecular complexity index is 657. The van der Waals surface area contributed by atoms with E-state index in [0.717, 1.165) is 23.6 Å². The lowest BCUT2D eigenvalue weighted by Gasteiger charge is -2.22. The minimum Gasteiger partial charge on any atom is -0.365 e. The summed E-state index contributed by atoms with van der Waals surface area (Å²) in [7, 11) is 0. The van der Waals surface area contributed by atoms with Crippen molar-refractivity contribution >= 4 is 17.5 Å². The molecule has 2 rings (SSSR count). The summed E-state index contributed by atoms with van der Waals surface area (Å²) >= 11 is 0. The summed E-state index contributed by atoms with van der Waals surface area (Å²) in [6.07, 6.45) is 0.975. The van der Waals surface area contributed by atoms with E-state index in [1.54, 1.807) is 0 Å². The first kappa shape index (κ1) is 16.3. The Morgan fingerprint density at radius 1 is 1.09 bits per heavy atom. The van der Waals surface area contributed by atoms with E-state index in [2.05, 4.69) is 73.4 Å². The Kier molecular flexibility index (Phi) is 4.69. The van der Waals surface area contributed by atoms with E-state index in [0.29, 0.717) is 5.95 Å². The van der Waals surface area contributed by atoms with E-state index in [1.165, 1.54) is 11.1 Å². The van der Waals surface area contributed by atoms with Crippen LogP contribution >= 0.6 is 0 Å². The average molecular weight is 298 g/mol. The number of aryl methyl sites for hydroxylation is 3. The van der Waals surface area contributed by atoms with Crippen molar-refractivity contribution in [1.29, 1.82) is 0 Å². The van der Waals surface area contributed by atoms with Gasteiger partial charge in [-0.1, -0.05) is 25.1 Å². The molecular weight excluding hydrogens is 272 g/mol. The third kappa shape index (κ3) is 4.20. The molecule has 0 unspecified atom stereocenters. The summed E-state index contributed by atoms with van der Waals surface area (Å²) in [5.74, 6) is 1.48. The number of nitrogens with one attached hydrogen (secondary N) is 2. The molecule has 0 fully saturated rings. The van der Waals surface area contributed by atoms with Crippen LogP contribution < -0.4 is 10.6 Å². The Balaban J connectivity index is 2.34. The van der Waals surface area contributed by atoms with Gasteiger partial charge in [-0.05, 0) is 52.2 Å². The second-order valence-electron chi connectivity index (χ2n) is 6.68. The number of rotatable bonds is 4. The lowest BCUT2D eigenvalue weighted by molar-refractivity contribution is 0.630. The van der Waals surface area contributed by atoms with Crippen LogP contribution in [-0.2, 0) is 6.42 Å². The summed E-state index contributed by atoms with van der Waals surface area (Å²) in [4.78, 5) is 9.11. The van der Waals surface area contributed by atoms with Crippen molar-refractivity contribution in [2.24, 2.45) is 0 Å². The second-order valence-corrected chi connectivity index (χ2v) is 6.68. The highest BCUT2D eigenvalue weighted by molar-refractivity contribution is 5.64.